The first-order chi connectivity index (χ1) is 10.8. The lowest BCUT2D eigenvalue weighted by molar-refractivity contribution is 1.51. The molecule has 0 unspecified atom stereocenters. The predicted octanol–water partition coefficient (Wildman–Crippen LogP) is 5.83. The number of halogens is 1. The second-order valence-electron chi connectivity index (χ2n) is 5.21. The molecular formula is C19H13BrN2. The second kappa shape index (κ2) is 5.43. The number of nitrogens with one attached hydrogen (secondary N) is 1. The van der Waals surface area contributed by atoms with Crippen LogP contribution in [0.3, 0.4) is 0 Å². The van der Waals surface area contributed by atoms with Gasteiger partial charge in [-0.1, -0.05) is 46.3 Å². The number of nitrogens with zero attached hydrogens (tertiary/aromatic N) is 1. The highest BCUT2D eigenvalue weighted by Gasteiger charge is 2.03. The van der Waals surface area contributed by atoms with Gasteiger partial charge >= 0.3 is 0 Å². The fraction of sp³-hybridized carbons (Fsp3) is 0. The minimum Gasteiger partial charge on any atom is -0.355 e. The van der Waals surface area contributed by atoms with Gasteiger partial charge in [-0.25, -0.2) is 0 Å². The van der Waals surface area contributed by atoms with E-state index in [0.717, 1.165) is 26.8 Å². The number of fused-ring (bicyclic) bond motifs is 3. The summed E-state index contributed by atoms with van der Waals surface area (Å²) in [5.74, 6) is 0. The van der Waals surface area contributed by atoms with Crippen molar-refractivity contribution >= 4 is 49.6 Å². The van der Waals surface area contributed by atoms with Crippen LogP contribution in [0.25, 0.3) is 21.8 Å². The summed E-state index contributed by atoms with van der Waals surface area (Å²) in [7, 11) is 0. The van der Waals surface area contributed by atoms with Crippen LogP contribution in [0.2, 0.25) is 0 Å². The molecule has 3 heteroatoms. The van der Waals surface area contributed by atoms with Crippen molar-refractivity contribution in [2.75, 3.05) is 0 Å². The molecule has 0 aliphatic carbocycles. The Hall–Kier alpha value is -2.39. The number of hydrogen-bond acceptors (Lipinski definition) is 1. The third kappa shape index (κ3) is 2.44. The van der Waals surface area contributed by atoms with Gasteiger partial charge in [-0.15, -0.1) is 0 Å². The summed E-state index contributed by atoms with van der Waals surface area (Å²) in [5, 5.41) is 2.44. The van der Waals surface area contributed by atoms with E-state index in [1.807, 2.05) is 42.6 Å². The van der Waals surface area contributed by atoms with Crippen LogP contribution in [-0.2, 0) is 0 Å². The van der Waals surface area contributed by atoms with E-state index in [2.05, 4.69) is 56.2 Å². The SMILES string of the molecule is Brc1cccc(C=Nc2ccc3[nH]c4ccccc4c3c2)c1. The molecule has 0 amide bonds. The highest BCUT2D eigenvalue weighted by Crippen LogP contribution is 2.28. The van der Waals surface area contributed by atoms with Crippen molar-refractivity contribution in [2.45, 2.75) is 0 Å². The van der Waals surface area contributed by atoms with E-state index < -0.39 is 0 Å². The van der Waals surface area contributed by atoms with Crippen molar-refractivity contribution < 1.29 is 0 Å². The summed E-state index contributed by atoms with van der Waals surface area (Å²) in [5.41, 5.74) is 4.33. The number of aliphatic imine (C=N–C) groups is 1. The van der Waals surface area contributed by atoms with Gasteiger partial charge in [0.2, 0.25) is 0 Å². The Labute approximate surface area is 136 Å². The van der Waals surface area contributed by atoms with Crippen LogP contribution in [0, 0.1) is 0 Å². The van der Waals surface area contributed by atoms with Crippen LogP contribution in [0.15, 0.2) is 76.2 Å². The van der Waals surface area contributed by atoms with Gasteiger partial charge in [-0.2, -0.15) is 0 Å². The summed E-state index contributed by atoms with van der Waals surface area (Å²) >= 11 is 3.48. The molecule has 0 radical (unpaired) electrons. The van der Waals surface area contributed by atoms with Crippen LogP contribution in [-0.4, -0.2) is 11.2 Å². The molecule has 4 aromatic rings. The first-order valence-corrected chi connectivity index (χ1v) is 7.89. The van der Waals surface area contributed by atoms with Gasteiger partial charge in [0.25, 0.3) is 0 Å². The second-order valence-corrected chi connectivity index (χ2v) is 6.13. The summed E-state index contributed by atoms with van der Waals surface area (Å²) in [6.45, 7) is 0. The number of rotatable bonds is 2. The average molecular weight is 349 g/mol. The molecule has 2 nitrogen and oxygen atoms in total. The molecule has 1 aromatic heterocycles. The number of hydrogen-bond donors (Lipinski definition) is 1. The Balaban J connectivity index is 1.77. The molecule has 0 bridgehead atoms. The third-order valence-corrected chi connectivity index (χ3v) is 4.19. The molecule has 3 aromatic carbocycles. The van der Waals surface area contributed by atoms with Gasteiger partial charge in [-0.3, -0.25) is 4.99 Å². The van der Waals surface area contributed by atoms with Crippen LogP contribution in [0.4, 0.5) is 5.69 Å². The molecule has 0 saturated carbocycles. The first kappa shape index (κ1) is 13.3. The van der Waals surface area contributed by atoms with Gasteiger partial charge in [0.05, 0.1) is 5.69 Å². The van der Waals surface area contributed by atoms with Gasteiger partial charge in [0, 0.05) is 32.5 Å². The van der Waals surface area contributed by atoms with Crippen molar-refractivity contribution in [3.63, 3.8) is 0 Å². The number of benzene rings is 3. The summed E-state index contributed by atoms with van der Waals surface area (Å²) < 4.78 is 1.06. The molecule has 0 spiro atoms. The van der Waals surface area contributed by atoms with E-state index >= 15 is 0 Å². The molecule has 0 aliphatic rings. The maximum atomic E-state index is 4.59. The van der Waals surface area contributed by atoms with E-state index in [-0.39, 0.29) is 0 Å². The summed E-state index contributed by atoms with van der Waals surface area (Å²) in [6, 6.07) is 22.7. The molecule has 22 heavy (non-hydrogen) atoms. The molecule has 0 atom stereocenters. The number of aromatic nitrogens is 1. The quantitative estimate of drug-likeness (QED) is 0.441. The normalized spacial score (nSPS) is 11.7. The van der Waals surface area contributed by atoms with E-state index in [1.165, 1.54) is 10.8 Å². The zero-order valence-electron chi connectivity index (χ0n) is 11.8. The number of para-hydroxylation sites is 1. The van der Waals surface area contributed by atoms with Crippen molar-refractivity contribution in [2.24, 2.45) is 4.99 Å². The maximum absolute atomic E-state index is 4.59. The average Bonchev–Trinajstić information content (AvgIpc) is 2.91. The Morgan fingerprint density at radius 1 is 0.818 bits per heavy atom. The van der Waals surface area contributed by atoms with Crippen LogP contribution in [0.5, 0.6) is 0 Å². The predicted molar refractivity (Wildman–Crippen MR) is 97.2 cm³/mol. The lowest BCUT2D eigenvalue weighted by Gasteiger charge is -1.97. The zero-order chi connectivity index (χ0) is 14.9. The van der Waals surface area contributed by atoms with E-state index in [4.69, 9.17) is 0 Å². The Bertz CT molecular complexity index is 999. The van der Waals surface area contributed by atoms with Gasteiger partial charge in [-0.05, 0) is 42.0 Å². The lowest BCUT2D eigenvalue weighted by atomic mass is 10.1. The molecule has 4 rings (SSSR count). The summed E-state index contributed by atoms with van der Waals surface area (Å²) in [6.07, 6.45) is 1.89. The Kier molecular flexibility index (Phi) is 3.28. The third-order valence-electron chi connectivity index (χ3n) is 3.70. The van der Waals surface area contributed by atoms with Crippen molar-refractivity contribution in [1.29, 1.82) is 0 Å². The van der Waals surface area contributed by atoms with E-state index in [9.17, 15) is 0 Å². The lowest BCUT2D eigenvalue weighted by Crippen LogP contribution is -1.79. The smallest absolute Gasteiger partial charge is 0.0637 e. The fourth-order valence-corrected chi connectivity index (χ4v) is 3.07. The Morgan fingerprint density at radius 3 is 2.59 bits per heavy atom. The van der Waals surface area contributed by atoms with Crippen molar-refractivity contribution in [3.05, 3.63) is 76.8 Å². The van der Waals surface area contributed by atoms with Crippen LogP contribution in [0.1, 0.15) is 5.56 Å². The topological polar surface area (TPSA) is 28.1 Å². The van der Waals surface area contributed by atoms with Crippen molar-refractivity contribution in [1.82, 2.24) is 4.98 Å². The highest BCUT2D eigenvalue weighted by atomic mass is 79.9. The standard InChI is InChI=1S/C19H13BrN2/c20-14-5-3-4-13(10-14)12-21-15-8-9-19-17(11-15)16-6-1-2-7-18(16)22-19/h1-12,22H. The molecule has 0 aliphatic heterocycles. The fourth-order valence-electron chi connectivity index (χ4n) is 2.65. The molecule has 1 N–H and O–H groups in total. The molecule has 0 saturated heterocycles. The minimum atomic E-state index is 0.956. The number of H-pyrrole nitrogens is 1. The largest absolute Gasteiger partial charge is 0.355 e. The zero-order valence-corrected chi connectivity index (χ0v) is 13.3. The van der Waals surface area contributed by atoms with Gasteiger partial charge in [0.1, 0.15) is 0 Å². The minimum absolute atomic E-state index is 0.956. The first-order valence-electron chi connectivity index (χ1n) is 7.10. The maximum Gasteiger partial charge on any atom is 0.0637 e. The highest BCUT2D eigenvalue weighted by molar-refractivity contribution is 9.10. The van der Waals surface area contributed by atoms with Gasteiger partial charge in [0.15, 0.2) is 0 Å². The summed E-state index contributed by atoms with van der Waals surface area (Å²) in [4.78, 5) is 8.02. The van der Waals surface area contributed by atoms with Crippen LogP contribution < -0.4 is 0 Å². The van der Waals surface area contributed by atoms with Crippen LogP contribution >= 0.6 is 15.9 Å². The van der Waals surface area contributed by atoms with Gasteiger partial charge < -0.3 is 4.98 Å². The molecule has 0 fully saturated rings. The van der Waals surface area contributed by atoms with Crippen molar-refractivity contribution in [3.8, 4) is 0 Å². The molecule has 1 heterocycles. The number of aromatic amines is 1. The Morgan fingerprint density at radius 2 is 1.68 bits per heavy atom. The molecule has 106 valence electrons. The van der Waals surface area contributed by atoms with E-state index in [0.29, 0.717) is 0 Å². The monoisotopic (exact) mass is 348 g/mol. The van der Waals surface area contributed by atoms with E-state index in [1.54, 1.807) is 0 Å². The molecular weight excluding hydrogens is 336 g/mol.